The van der Waals surface area contributed by atoms with Gasteiger partial charge in [-0.2, -0.15) is 5.10 Å². The zero-order valence-corrected chi connectivity index (χ0v) is 17.8. The molecular weight excluding hydrogens is 388 g/mol. The maximum absolute atomic E-state index is 12.5. The highest BCUT2D eigenvalue weighted by atomic mass is 35.5. The number of rotatable bonds is 6. The number of benzene rings is 1. The summed E-state index contributed by atoms with van der Waals surface area (Å²) in [6.07, 6.45) is 3.42. The number of carbonyl (C=O) groups is 1. The van der Waals surface area contributed by atoms with E-state index in [1.165, 1.54) is 0 Å². The van der Waals surface area contributed by atoms with E-state index in [0.29, 0.717) is 11.3 Å². The number of halogens is 1. The summed E-state index contributed by atoms with van der Waals surface area (Å²) in [6.45, 7) is 5.06. The van der Waals surface area contributed by atoms with E-state index in [-0.39, 0.29) is 24.1 Å². The van der Waals surface area contributed by atoms with Gasteiger partial charge in [0.15, 0.2) is 9.84 Å². The second-order valence-electron chi connectivity index (χ2n) is 7.23. The van der Waals surface area contributed by atoms with E-state index < -0.39 is 20.6 Å². The van der Waals surface area contributed by atoms with Gasteiger partial charge in [0.2, 0.25) is 5.91 Å². The summed E-state index contributed by atoms with van der Waals surface area (Å²) < 4.78 is 25.4. The molecule has 2 N–H and O–H groups in total. The van der Waals surface area contributed by atoms with E-state index in [9.17, 15) is 13.2 Å². The minimum absolute atomic E-state index is 0. The molecule has 1 aromatic heterocycles. The van der Waals surface area contributed by atoms with Gasteiger partial charge in [0, 0.05) is 24.5 Å². The zero-order valence-electron chi connectivity index (χ0n) is 16.2. The number of amides is 1. The Morgan fingerprint density at radius 2 is 1.81 bits per heavy atom. The van der Waals surface area contributed by atoms with E-state index >= 15 is 0 Å². The van der Waals surface area contributed by atoms with E-state index in [1.807, 2.05) is 0 Å². The third kappa shape index (κ3) is 5.79. The molecule has 9 heteroatoms. The predicted octanol–water partition coefficient (Wildman–Crippen LogP) is 2.45. The van der Waals surface area contributed by atoms with Gasteiger partial charge in [-0.3, -0.25) is 9.48 Å². The molecule has 0 saturated carbocycles. The standard InChI is InChI=1S/C18H26N4O3S.ClH/c1-18(2,3)26(24,25)12-13-6-8-15(9-7-13)21-17(23)16(19-4)14-10-20-22(5)11-14;/h6-11,16,19H,12H2,1-5H3,(H,21,23);1H. The third-order valence-electron chi connectivity index (χ3n) is 4.12. The first-order chi connectivity index (χ1) is 12.0. The van der Waals surface area contributed by atoms with Crippen molar-refractivity contribution in [1.29, 1.82) is 0 Å². The lowest BCUT2D eigenvalue weighted by Crippen LogP contribution is -2.30. The fourth-order valence-corrected chi connectivity index (χ4v) is 3.44. The fraction of sp³-hybridized carbons (Fsp3) is 0.444. The average Bonchev–Trinajstić information content (AvgIpc) is 2.95. The monoisotopic (exact) mass is 414 g/mol. The van der Waals surface area contributed by atoms with Crippen molar-refractivity contribution in [2.45, 2.75) is 37.3 Å². The van der Waals surface area contributed by atoms with Crippen LogP contribution in [0.15, 0.2) is 36.7 Å². The number of sulfone groups is 1. The Balaban J connectivity index is 0.00000364. The number of anilines is 1. The number of aromatic nitrogens is 2. The van der Waals surface area contributed by atoms with Gasteiger partial charge in [-0.05, 0) is 45.5 Å². The van der Waals surface area contributed by atoms with Gasteiger partial charge < -0.3 is 10.6 Å². The molecule has 0 aliphatic heterocycles. The lowest BCUT2D eigenvalue weighted by atomic mass is 10.1. The Morgan fingerprint density at radius 1 is 1.22 bits per heavy atom. The van der Waals surface area contributed by atoms with Gasteiger partial charge in [-0.1, -0.05) is 12.1 Å². The first-order valence-corrected chi connectivity index (χ1v) is 9.96. The molecule has 0 spiro atoms. The molecule has 0 bridgehead atoms. The molecule has 0 aliphatic carbocycles. The third-order valence-corrected chi connectivity index (χ3v) is 6.70. The summed E-state index contributed by atoms with van der Waals surface area (Å²) in [5.74, 6) is -0.241. The summed E-state index contributed by atoms with van der Waals surface area (Å²) in [5.41, 5.74) is 2.06. The lowest BCUT2D eigenvalue weighted by Gasteiger charge is -2.19. The molecule has 0 aliphatic rings. The predicted molar refractivity (Wildman–Crippen MR) is 110 cm³/mol. The van der Waals surface area contributed by atoms with Gasteiger partial charge in [-0.15, -0.1) is 12.4 Å². The van der Waals surface area contributed by atoms with E-state index in [0.717, 1.165) is 5.56 Å². The zero-order chi connectivity index (χ0) is 19.5. The molecule has 0 radical (unpaired) electrons. The van der Waals surface area contributed by atoms with Gasteiger partial charge >= 0.3 is 0 Å². The molecule has 1 unspecified atom stereocenters. The topological polar surface area (TPSA) is 93.1 Å². The maximum atomic E-state index is 12.5. The van der Waals surface area contributed by atoms with E-state index in [4.69, 9.17) is 0 Å². The van der Waals surface area contributed by atoms with Crippen molar-refractivity contribution in [2.75, 3.05) is 12.4 Å². The highest BCUT2D eigenvalue weighted by Gasteiger charge is 2.29. The minimum atomic E-state index is -3.24. The van der Waals surface area contributed by atoms with Gasteiger partial charge in [-0.25, -0.2) is 8.42 Å². The molecule has 1 atom stereocenters. The van der Waals surface area contributed by atoms with Gasteiger partial charge in [0.05, 0.1) is 16.7 Å². The summed E-state index contributed by atoms with van der Waals surface area (Å²) in [7, 11) is 0.252. The van der Waals surface area contributed by atoms with Crippen molar-refractivity contribution in [3.63, 3.8) is 0 Å². The number of nitrogens with one attached hydrogen (secondary N) is 2. The highest BCUT2D eigenvalue weighted by molar-refractivity contribution is 7.91. The molecule has 0 fully saturated rings. The van der Waals surface area contributed by atoms with Crippen molar-refractivity contribution in [3.8, 4) is 0 Å². The Labute approximate surface area is 166 Å². The van der Waals surface area contributed by atoms with Crippen LogP contribution in [0.5, 0.6) is 0 Å². The number of nitrogens with zero attached hydrogens (tertiary/aromatic N) is 2. The number of likely N-dealkylation sites (N-methyl/N-ethyl adjacent to an activating group) is 1. The maximum Gasteiger partial charge on any atom is 0.246 e. The van der Waals surface area contributed by atoms with Crippen molar-refractivity contribution >= 4 is 33.8 Å². The van der Waals surface area contributed by atoms with Crippen LogP contribution in [-0.2, 0) is 27.4 Å². The Kier molecular flexibility index (Phi) is 7.59. The summed E-state index contributed by atoms with van der Waals surface area (Å²) >= 11 is 0. The molecule has 2 aromatic rings. The van der Waals surface area contributed by atoms with Crippen molar-refractivity contribution in [1.82, 2.24) is 15.1 Å². The number of aryl methyl sites for hydroxylation is 1. The first-order valence-electron chi connectivity index (χ1n) is 8.31. The van der Waals surface area contributed by atoms with Crippen molar-refractivity contribution < 1.29 is 13.2 Å². The van der Waals surface area contributed by atoms with Crippen LogP contribution in [-0.4, -0.2) is 35.9 Å². The molecular formula is C18H27ClN4O3S. The molecule has 1 amide bonds. The van der Waals surface area contributed by atoms with Gasteiger partial charge in [0.1, 0.15) is 6.04 Å². The number of carbonyl (C=O) groups excluding carboxylic acids is 1. The quantitative estimate of drug-likeness (QED) is 0.757. The summed E-state index contributed by atoms with van der Waals surface area (Å²) in [4.78, 5) is 12.5. The van der Waals surface area contributed by atoms with E-state index in [2.05, 4.69) is 15.7 Å². The molecule has 150 valence electrons. The molecule has 0 saturated heterocycles. The summed E-state index contributed by atoms with van der Waals surface area (Å²) in [6, 6.07) is 6.34. The lowest BCUT2D eigenvalue weighted by molar-refractivity contribution is -0.118. The second kappa shape index (κ2) is 8.86. The summed E-state index contributed by atoms with van der Waals surface area (Å²) in [5, 5.41) is 9.88. The van der Waals surface area contributed by atoms with Crippen molar-refractivity contribution in [3.05, 3.63) is 47.8 Å². The Hall–Kier alpha value is -1.90. The Bertz CT molecular complexity index is 871. The van der Waals surface area contributed by atoms with Gasteiger partial charge in [0.25, 0.3) is 0 Å². The van der Waals surface area contributed by atoms with Crippen LogP contribution in [0.1, 0.15) is 37.9 Å². The largest absolute Gasteiger partial charge is 0.324 e. The molecule has 1 aromatic carbocycles. The number of hydrogen-bond acceptors (Lipinski definition) is 5. The van der Waals surface area contributed by atoms with Crippen LogP contribution in [0.3, 0.4) is 0 Å². The molecule has 2 rings (SSSR count). The molecule has 27 heavy (non-hydrogen) atoms. The van der Waals surface area contributed by atoms with Crippen LogP contribution < -0.4 is 10.6 Å². The van der Waals surface area contributed by atoms with Crippen LogP contribution in [0, 0.1) is 0 Å². The highest BCUT2D eigenvalue weighted by Crippen LogP contribution is 2.22. The molecule has 7 nitrogen and oxygen atoms in total. The van der Waals surface area contributed by atoms with Crippen LogP contribution in [0.2, 0.25) is 0 Å². The SMILES string of the molecule is CNC(C(=O)Nc1ccc(CS(=O)(=O)C(C)(C)C)cc1)c1cnn(C)c1.Cl. The fourth-order valence-electron chi connectivity index (χ4n) is 2.37. The van der Waals surface area contributed by atoms with Crippen LogP contribution >= 0.6 is 12.4 Å². The Morgan fingerprint density at radius 3 is 2.26 bits per heavy atom. The van der Waals surface area contributed by atoms with Crippen molar-refractivity contribution in [2.24, 2.45) is 7.05 Å². The second-order valence-corrected chi connectivity index (χ2v) is 9.97. The molecule has 1 heterocycles. The first kappa shape index (κ1) is 23.1. The minimum Gasteiger partial charge on any atom is -0.324 e. The van der Waals surface area contributed by atoms with Crippen LogP contribution in [0.4, 0.5) is 5.69 Å². The average molecular weight is 415 g/mol. The smallest absolute Gasteiger partial charge is 0.246 e. The number of hydrogen-bond donors (Lipinski definition) is 2. The normalized spacial score (nSPS) is 12.9. The van der Waals surface area contributed by atoms with Crippen LogP contribution in [0.25, 0.3) is 0 Å². The van der Waals surface area contributed by atoms with E-state index in [1.54, 1.807) is 76.2 Å².